The van der Waals surface area contributed by atoms with Gasteiger partial charge < -0.3 is 15.2 Å². The summed E-state index contributed by atoms with van der Waals surface area (Å²) >= 11 is 0. The highest BCUT2D eigenvalue weighted by molar-refractivity contribution is 5.96. The van der Waals surface area contributed by atoms with Crippen molar-refractivity contribution in [1.29, 1.82) is 0 Å². The molecule has 0 spiro atoms. The number of nitrogens with zero attached hydrogens (tertiary/aromatic N) is 1. The number of carbonyl (C=O) groups is 1. The van der Waals surface area contributed by atoms with E-state index in [9.17, 15) is 4.79 Å². The lowest BCUT2D eigenvalue weighted by atomic mass is 10.1. The minimum atomic E-state index is -0.000265. The van der Waals surface area contributed by atoms with Gasteiger partial charge in [0.15, 0.2) is 0 Å². The third-order valence-corrected chi connectivity index (χ3v) is 4.32. The molecule has 1 aliphatic rings. The first-order valence-corrected chi connectivity index (χ1v) is 8.08. The van der Waals surface area contributed by atoms with Crippen molar-refractivity contribution in [3.63, 3.8) is 0 Å². The van der Waals surface area contributed by atoms with Crippen LogP contribution in [-0.2, 0) is 0 Å². The molecule has 0 saturated heterocycles. The second kappa shape index (κ2) is 6.84. The summed E-state index contributed by atoms with van der Waals surface area (Å²) in [6.45, 7) is 6.55. The Morgan fingerprint density at radius 3 is 2.74 bits per heavy atom. The van der Waals surface area contributed by atoms with Crippen LogP contribution in [0.4, 0.5) is 0 Å². The van der Waals surface area contributed by atoms with Gasteiger partial charge in [-0.05, 0) is 45.0 Å². The number of hydrogen-bond donors (Lipinski definition) is 2. The van der Waals surface area contributed by atoms with Crippen molar-refractivity contribution in [2.24, 2.45) is 0 Å². The first-order valence-electron chi connectivity index (χ1n) is 8.08. The van der Waals surface area contributed by atoms with E-state index in [-0.39, 0.29) is 5.91 Å². The molecule has 1 aromatic heterocycles. The summed E-state index contributed by atoms with van der Waals surface area (Å²) in [6.07, 6.45) is 3.17. The topological polar surface area (TPSA) is 46.1 Å². The maximum absolute atomic E-state index is 12.5. The Morgan fingerprint density at radius 2 is 2.04 bits per heavy atom. The van der Waals surface area contributed by atoms with Gasteiger partial charge >= 0.3 is 0 Å². The van der Waals surface area contributed by atoms with Gasteiger partial charge in [-0.3, -0.25) is 4.79 Å². The molecule has 2 N–H and O–H groups in total. The van der Waals surface area contributed by atoms with Crippen LogP contribution in [0.2, 0.25) is 0 Å². The van der Waals surface area contributed by atoms with Crippen molar-refractivity contribution >= 4 is 5.91 Å². The molecule has 23 heavy (non-hydrogen) atoms. The van der Waals surface area contributed by atoms with Crippen LogP contribution in [0.5, 0.6) is 0 Å². The lowest BCUT2D eigenvalue weighted by molar-refractivity contribution is 0.0956. The van der Waals surface area contributed by atoms with Crippen molar-refractivity contribution in [3.8, 4) is 5.69 Å². The molecule has 0 fully saturated rings. The van der Waals surface area contributed by atoms with Crippen LogP contribution in [0.3, 0.4) is 0 Å². The fraction of sp³-hybridized carbons (Fsp3) is 0.316. The Morgan fingerprint density at radius 1 is 1.26 bits per heavy atom. The van der Waals surface area contributed by atoms with Crippen LogP contribution < -0.4 is 10.6 Å². The maximum atomic E-state index is 12.5. The zero-order valence-electron chi connectivity index (χ0n) is 13.7. The molecule has 0 bridgehead atoms. The highest BCUT2D eigenvalue weighted by atomic mass is 16.1. The number of hydrogen-bond acceptors (Lipinski definition) is 2. The summed E-state index contributed by atoms with van der Waals surface area (Å²) in [5.74, 6) is -0.000265. The molecule has 120 valence electrons. The van der Waals surface area contributed by atoms with Crippen LogP contribution in [0, 0.1) is 13.8 Å². The molecule has 2 heterocycles. The van der Waals surface area contributed by atoms with Gasteiger partial charge in [-0.25, -0.2) is 0 Å². The molecule has 2 aromatic rings. The number of aryl methyl sites for hydroxylation is 1. The molecule has 0 atom stereocenters. The fourth-order valence-corrected chi connectivity index (χ4v) is 3.09. The minimum absolute atomic E-state index is 0.000265. The van der Waals surface area contributed by atoms with Crippen molar-refractivity contribution in [2.75, 3.05) is 19.6 Å². The number of aromatic nitrogens is 1. The van der Waals surface area contributed by atoms with Gasteiger partial charge in [-0.2, -0.15) is 0 Å². The number of rotatable bonds is 4. The SMILES string of the molecule is Cc1cc(C(=O)NCC2=CCNCC2)c(C)n1-c1ccccc1. The van der Waals surface area contributed by atoms with Crippen molar-refractivity contribution in [2.45, 2.75) is 20.3 Å². The highest BCUT2D eigenvalue weighted by Crippen LogP contribution is 2.20. The first-order chi connectivity index (χ1) is 11.2. The van der Waals surface area contributed by atoms with Crippen molar-refractivity contribution in [3.05, 3.63) is 65.0 Å². The molecule has 0 unspecified atom stereocenters. The fourth-order valence-electron chi connectivity index (χ4n) is 3.09. The van der Waals surface area contributed by atoms with Crippen molar-refractivity contribution in [1.82, 2.24) is 15.2 Å². The third-order valence-electron chi connectivity index (χ3n) is 4.32. The van der Waals surface area contributed by atoms with Crippen LogP contribution in [-0.4, -0.2) is 30.1 Å². The molecule has 0 aliphatic carbocycles. The van der Waals surface area contributed by atoms with E-state index in [2.05, 4.69) is 33.4 Å². The highest BCUT2D eigenvalue weighted by Gasteiger charge is 2.16. The van der Waals surface area contributed by atoms with Crippen LogP contribution in [0.1, 0.15) is 28.2 Å². The maximum Gasteiger partial charge on any atom is 0.253 e. The Labute approximate surface area is 137 Å². The second-order valence-corrected chi connectivity index (χ2v) is 5.95. The number of amides is 1. The molecule has 1 aromatic carbocycles. The standard InChI is InChI=1S/C19H23N3O/c1-14-12-18(15(2)22(14)17-6-4-3-5-7-17)19(23)21-13-16-8-10-20-11-9-16/h3-8,12,20H,9-11,13H2,1-2H3,(H,21,23). The summed E-state index contributed by atoms with van der Waals surface area (Å²) in [4.78, 5) is 12.5. The Hall–Kier alpha value is -2.33. The largest absolute Gasteiger partial charge is 0.348 e. The number of carbonyl (C=O) groups excluding carboxylic acids is 1. The zero-order chi connectivity index (χ0) is 16.2. The quantitative estimate of drug-likeness (QED) is 0.853. The van der Waals surface area contributed by atoms with E-state index in [1.807, 2.05) is 38.1 Å². The monoisotopic (exact) mass is 309 g/mol. The average molecular weight is 309 g/mol. The predicted molar refractivity (Wildman–Crippen MR) is 93.1 cm³/mol. The van der Waals surface area contributed by atoms with Crippen LogP contribution >= 0.6 is 0 Å². The van der Waals surface area contributed by atoms with E-state index in [4.69, 9.17) is 0 Å². The van der Waals surface area contributed by atoms with E-state index in [0.29, 0.717) is 6.54 Å². The summed E-state index contributed by atoms with van der Waals surface area (Å²) in [7, 11) is 0. The van der Waals surface area contributed by atoms with E-state index in [0.717, 1.165) is 42.1 Å². The molecule has 3 rings (SSSR count). The molecule has 0 saturated carbocycles. The van der Waals surface area contributed by atoms with Gasteiger partial charge in [0.1, 0.15) is 0 Å². The zero-order valence-corrected chi connectivity index (χ0v) is 13.7. The van der Waals surface area contributed by atoms with E-state index < -0.39 is 0 Å². The Balaban J connectivity index is 1.78. The third kappa shape index (κ3) is 3.37. The van der Waals surface area contributed by atoms with Gasteiger partial charge in [0.05, 0.1) is 5.56 Å². The summed E-state index contributed by atoms with van der Waals surface area (Å²) in [5, 5.41) is 6.33. The van der Waals surface area contributed by atoms with E-state index in [1.54, 1.807) is 0 Å². The van der Waals surface area contributed by atoms with Crippen LogP contribution in [0.25, 0.3) is 5.69 Å². The average Bonchev–Trinajstić information content (AvgIpc) is 2.89. The summed E-state index contributed by atoms with van der Waals surface area (Å²) in [5.41, 5.74) is 5.18. The van der Waals surface area contributed by atoms with Gasteiger partial charge in [-0.1, -0.05) is 29.8 Å². The van der Waals surface area contributed by atoms with Crippen molar-refractivity contribution < 1.29 is 4.79 Å². The van der Waals surface area contributed by atoms with Gasteiger partial charge in [0, 0.05) is 30.2 Å². The molecule has 4 heteroatoms. The second-order valence-electron chi connectivity index (χ2n) is 5.95. The Kier molecular flexibility index (Phi) is 4.63. The predicted octanol–water partition coefficient (Wildman–Crippen LogP) is 2.74. The number of para-hydroxylation sites is 1. The molecule has 1 amide bonds. The van der Waals surface area contributed by atoms with E-state index in [1.165, 1.54) is 5.57 Å². The van der Waals surface area contributed by atoms with Gasteiger partial charge in [-0.15, -0.1) is 0 Å². The van der Waals surface area contributed by atoms with E-state index >= 15 is 0 Å². The molecule has 1 aliphatic heterocycles. The first kappa shape index (κ1) is 15.6. The summed E-state index contributed by atoms with van der Waals surface area (Å²) in [6, 6.07) is 12.1. The molecule has 4 nitrogen and oxygen atoms in total. The Bertz CT molecular complexity index is 729. The summed E-state index contributed by atoms with van der Waals surface area (Å²) < 4.78 is 2.12. The normalized spacial score (nSPS) is 14.4. The van der Waals surface area contributed by atoms with Crippen LogP contribution in [0.15, 0.2) is 48.0 Å². The number of nitrogens with one attached hydrogen (secondary N) is 2. The molecular formula is C19H23N3O. The molecule has 0 radical (unpaired) electrons. The minimum Gasteiger partial charge on any atom is -0.348 e. The van der Waals surface area contributed by atoms with Gasteiger partial charge in [0.25, 0.3) is 5.91 Å². The number of benzene rings is 1. The van der Waals surface area contributed by atoms with Gasteiger partial charge in [0.2, 0.25) is 0 Å². The lowest BCUT2D eigenvalue weighted by Crippen LogP contribution is -2.29. The smallest absolute Gasteiger partial charge is 0.253 e. The lowest BCUT2D eigenvalue weighted by Gasteiger charge is -2.14. The molecular weight excluding hydrogens is 286 g/mol.